The van der Waals surface area contributed by atoms with Crippen molar-refractivity contribution in [2.75, 3.05) is 5.75 Å². The summed E-state index contributed by atoms with van der Waals surface area (Å²) in [6, 6.07) is 0. The van der Waals surface area contributed by atoms with Crippen molar-refractivity contribution in [1.82, 2.24) is 5.01 Å². The molecule has 0 aromatic carbocycles. The monoisotopic (exact) mass is 185 g/mol. The van der Waals surface area contributed by atoms with E-state index in [2.05, 4.69) is 5.10 Å². The number of amidine groups is 1. The van der Waals surface area contributed by atoms with Gasteiger partial charge in [-0.25, -0.2) is 0 Å². The van der Waals surface area contributed by atoms with Crippen LogP contribution in [0.3, 0.4) is 0 Å². The summed E-state index contributed by atoms with van der Waals surface area (Å²) in [5.74, 6) is 0.534. The third kappa shape index (κ3) is 2.07. The number of rotatable bonds is 2. The van der Waals surface area contributed by atoms with Gasteiger partial charge < -0.3 is 0 Å². The van der Waals surface area contributed by atoms with Crippen molar-refractivity contribution in [2.24, 2.45) is 11.0 Å². The summed E-state index contributed by atoms with van der Waals surface area (Å²) in [5.41, 5.74) is 0. The molecule has 1 rings (SSSR count). The predicted molar refractivity (Wildman–Crippen MR) is 50.4 cm³/mol. The van der Waals surface area contributed by atoms with Crippen LogP contribution in [-0.4, -0.2) is 28.1 Å². The number of carbonyl (C=O) groups excluding carboxylic acids is 1. The lowest BCUT2D eigenvalue weighted by atomic mass is 10.3. The van der Waals surface area contributed by atoms with E-state index in [1.807, 2.05) is 13.8 Å². The highest BCUT2D eigenvalue weighted by atomic mass is 32.2. The Hall–Kier alpha value is -0.840. The van der Waals surface area contributed by atoms with Gasteiger partial charge in [-0.05, 0) is 5.92 Å². The van der Waals surface area contributed by atoms with Gasteiger partial charge in [-0.2, -0.15) is 10.1 Å². The molecular weight excluding hydrogens is 174 g/mol. The SMILES string of the molecule is CC(C)/C=N/N1C(=N)SCC1=O. The molecule has 1 amide bonds. The highest BCUT2D eigenvalue weighted by Crippen LogP contribution is 2.17. The molecule has 1 saturated heterocycles. The number of nitrogens with zero attached hydrogens (tertiary/aromatic N) is 2. The molecule has 1 N–H and O–H groups in total. The van der Waals surface area contributed by atoms with E-state index in [0.29, 0.717) is 11.7 Å². The molecule has 1 aliphatic heterocycles. The van der Waals surface area contributed by atoms with Gasteiger partial charge in [0.1, 0.15) is 0 Å². The molecule has 0 radical (unpaired) electrons. The normalized spacial score (nSPS) is 18.8. The maximum atomic E-state index is 11.0. The predicted octanol–water partition coefficient (Wildman–Crippen LogP) is 1.14. The Morgan fingerprint density at radius 1 is 1.75 bits per heavy atom. The maximum Gasteiger partial charge on any atom is 0.259 e. The molecule has 0 atom stereocenters. The van der Waals surface area contributed by atoms with E-state index >= 15 is 0 Å². The van der Waals surface area contributed by atoms with Crippen molar-refractivity contribution in [3.63, 3.8) is 0 Å². The van der Waals surface area contributed by atoms with E-state index in [1.54, 1.807) is 6.21 Å². The van der Waals surface area contributed by atoms with Gasteiger partial charge >= 0.3 is 0 Å². The average molecular weight is 185 g/mol. The van der Waals surface area contributed by atoms with Crippen LogP contribution in [-0.2, 0) is 4.79 Å². The van der Waals surface area contributed by atoms with E-state index in [1.165, 1.54) is 11.8 Å². The summed E-state index contributed by atoms with van der Waals surface area (Å²) in [7, 11) is 0. The Bertz CT molecular complexity index is 221. The zero-order valence-electron chi connectivity index (χ0n) is 7.07. The van der Waals surface area contributed by atoms with Crippen molar-refractivity contribution in [1.29, 1.82) is 5.41 Å². The molecule has 12 heavy (non-hydrogen) atoms. The van der Waals surface area contributed by atoms with Gasteiger partial charge in [-0.1, -0.05) is 25.6 Å². The van der Waals surface area contributed by atoms with Gasteiger partial charge in [-0.3, -0.25) is 10.2 Å². The van der Waals surface area contributed by atoms with Crippen molar-refractivity contribution in [2.45, 2.75) is 13.8 Å². The fourth-order valence-electron chi connectivity index (χ4n) is 0.682. The van der Waals surface area contributed by atoms with E-state index in [-0.39, 0.29) is 11.1 Å². The summed E-state index contributed by atoms with van der Waals surface area (Å²) in [4.78, 5) is 11.0. The van der Waals surface area contributed by atoms with Crippen LogP contribution in [0, 0.1) is 11.3 Å². The molecule has 0 aromatic rings. The summed E-state index contributed by atoms with van der Waals surface area (Å²) < 4.78 is 0. The maximum absolute atomic E-state index is 11.0. The average Bonchev–Trinajstić information content (AvgIpc) is 2.28. The highest BCUT2D eigenvalue weighted by Gasteiger charge is 2.26. The number of hydrogen-bond acceptors (Lipinski definition) is 4. The Morgan fingerprint density at radius 2 is 2.42 bits per heavy atom. The number of hydrazone groups is 1. The molecule has 0 aliphatic carbocycles. The second-order valence-corrected chi connectivity index (χ2v) is 3.77. The van der Waals surface area contributed by atoms with Crippen molar-refractivity contribution < 1.29 is 4.79 Å². The van der Waals surface area contributed by atoms with E-state index in [9.17, 15) is 4.79 Å². The number of amides is 1. The molecule has 0 unspecified atom stereocenters. The molecule has 0 spiro atoms. The molecule has 0 bridgehead atoms. The summed E-state index contributed by atoms with van der Waals surface area (Å²) in [5, 5.41) is 12.6. The minimum atomic E-state index is -0.109. The molecule has 0 aromatic heterocycles. The highest BCUT2D eigenvalue weighted by molar-refractivity contribution is 8.14. The Labute approximate surface area is 75.5 Å². The molecule has 4 nitrogen and oxygen atoms in total. The van der Waals surface area contributed by atoms with Crippen LogP contribution in [0.25, 0.3) is 0 Å². The molecule has 1 aliphatic rings. The van der Waals surface area contributed by atoms with Crippen molar-refractivity contribution >= 4 is 29.1 Å². The first-order chi connectivity index (χ1) is 5.61. The second kappa shape index (κ2) is 3.71. The van der Waals surface area contributed by atoms with E-state index < -0.39 is 0 Å². The van der Waals surface area contributed by atoms with Gasteiger partial charge in [0, 0.05) is 6.21 Å². The van der Waals surface area contributed by atoms with E-state index in [0.717, 1.165) is 5.01 Å². The standard InChI is InChI=1S/C7H11N3OS/c1-5(2)3-9-10-6(11)4-12-7(10)8/h3,5,8H,4H2,1-2H3/b8-7?,9-3+. The molecular formula is C7H11N3OS. The smallest absolute Gasteiger partial charge is 0.259 e. The molecule has 1 heterocycles. The zero-order chi connectivity index (χ0) is 9.14. The Morgan fingerprint density at radius 3 is 2.83 bits per heavy atom. The number of carbonyl (C=O) groups is 1. The lowest BCUT2D eigenvalue weighted by Gasteiger charge is -2.06. The van der Waals surface area contributed by atoms with Crippen LogP contribution in [0.5, 0.6) is 0 Å². The van der Waals surface area contributed by atoms with Crippen molar-refractivity contribution in [3.05, 3.63) is 0 Å². The summed E-state index contributed by atoms with van der Waals surface area (Å²) in [6.45, 7) is 3.95. The summed E-state index contributed by atoms with van der Waals surface area (Å²) >= 11 is 1.21. The Balaban J connectivity index is 2.62. The first kappa shape index (κ1) is 9.25. The molecule has 1 fully saturated rings. The first-order valence-corrected chi connectivity index (χ1v) is 4.68. The largest absolute Gasteiger partial charge is 0.277 e. The number of thioether (sulfide) groups is 1. The van der Waals surface area contributed by atoms with Gasteiger partial charge in [-0.15, -0.1) is 0 Å². The van der Waals surface area contributed by atoms with Gasteiger partial charge in [0.25, 0.3) is 5.91 Å². The Kier molecular flexibility index (Phi) is 2.86. The minimum absolute atomic E-state index is 0.109. The first-order valence-electron chi connectivity index (χ1n) is 3.69. The molecule has 5 heteroatoms. The lowest BCUT2D eigenvalue weighted by molar-refractivity contribution is -0.124. The van der Waals surface area contributed by atoms with Crippen LogP contribution in [0.2, 0.25) is 0 Å². The van der Waals surface area contributed by atoms with Crippen LogP contribution in [0.15, 0.2) is 5.10 Å². The minimum Gasteiger partial charge on any atom is -0.277 e. The quantitative estimate of drug-likeness (QED) is 0.656. The number of hydrogen-bond donors (Lipinski definition) is 1. The van der Waals surface area contributed by atoms with Gasteiger partial charge in [0.2, 0.25) is 0 Å². The van der Waals surface area contributed by atoms with E-state index in [4.69, 9.17) is 5.41 Å². The zero-order valence-corrected chi connectivity index (χ0v) is 7.89. The topological polar surface area (TPSA) is 56.5 Å². The van der Waals surface area contributed by atoms with Crippen molar-refractivity contribution in [3.8, 4) is 0 Å². The number of nitrogens with one attached hydrogen (secondary N) is 1. The molecule has 0 saturated carbocycles. The van der Waals surface area contributed by atoms with Crippen LogP contribution in [0.1, 0.15) is 13.8 Å². The van der Waals surface area contributed by atoms with Gasteiger partial charge in [0.15, 0.2) is 5.17 Å². The van der Waals surface area contributed by atoms with Gasteiger partial charge in [0.05, 0.1) is 5.75 Å². The van der Waals surface area contributed by atoms with Crippen LogP contribution >= 0.6 is 11.8 Å². The third-order valence-corrected chi connectivity index (χ3v) is 2.08. The van der Waals surface area contributed by atoms with Crippen LogP contribution < -0.4 is 0 Å². The van der Waals surface area contributed by atoms with Crippen LogP contribution in [0.4, 0.5) is 0 Å². The fourth-order valence-corrected chi connectivity index (χ4v) is 1.34. The lowest BCUT2D eigenvalue weighted by Crippen LogP contribution is -2.23. The fraction of sp³-hybridized carbons (Fsp3) is 0.571. The second-order valence-electron chi connectivity index (χ2n) is 2.81. The summed E-state index contributed by atoms with van der Waals surface area (Å²) in [6.07, 6.45) is 1.66. The molecule has 66 valence electrons. The third-order valence-electron chi connectivity index (χ3n) is 1.24.